The number of hydrogen-bond donors (Lipinski definition) is 0. The number of benzene rings is 1. The summed E-state index contributed by atoms with van der Waals surface area (Å²) in [5.41, 5.74) is 1.01. The van der Waals surface area contributed by atoms with Crippen LogP contribution >= 0.6 is 11.6 Å². The number of hydrogen-bond acceptors (Lipinski definition) is 4. The van der Waals surface area contributed by atoms with Crippen LogP contribution in [0.2, 0.25) is 5.02 Å². The van der Waals surface area contributed by atoms with Gasteiger partial charge in [0.1, 0.15) is 5.75 Å². The van der Waals surface area contributed by atoms with Crippen molar-refractivity contribution in [1.82, 2.24) is 4.90 Å². The van der Waals surface area contributed by atoms with E-state index < -0.39 is 0 Å². The predicted octanol–water partition coefficient (Wildman–Crippen LogP) is 2.05. The van der Waals surface area contributed by atoms with Crippen LogP contribution in [-0.4, -0.2) is 43.6 Å². The number of amides is 1. The fourth-order valence-electron chi connectivity index (χ4n) is 2.30. The molecule has 5 nitrogen and oxygen atoms in total. The maximum Gasteiger partial charge on any atom is 0.310 e. The zero-order chi connectivity index (χ0) is 15.4. The Labute approximate surface area is 128 Å². The molecule has 1 aromatic carbocycles. The molecule has 1 aromatic rings. The van der Waals surface area contributed by atoms with Gasteiger partial charge in [-0.05, 0) is 31.0 Å². The Morgan fingerprint density at radius 1 is 1.43 bits per heavy atom. The molecule has 0 N–H and O–H groups in total. The quantitative estimate of drug-likeness (QED) is 0.799. The van der Waals surface area contributed by atoms with Crippen LogP contribution in [-0.2, 0) is 14.3 Å². The molecule has 0 aromatic heterocycles. The second-order valence-electron chi connectivity index (χ2n) is 5.07. The number of carbonyl (C=O) groups is 2. The number of ether oxygens (including phenoxy) is 2. The van der Waals surface area contributed by atoms with Crippen LogP contribution in [0.4, 0.5) is 0 Å². The third-order valence-corrected chi connectivity index (χ3v) is 3.83. The number of nitrogens with zero attached hydrogens (tertiary/aromatic N) is 1. The lowest BCUT2D eigenvalue weighted by atomic mass is 10.1. The van der Waals surface area contributed by atoms with Gasteiger partial charge in [-0.15, -0.1) is 0 Å². The Morgan fingerprint density at radius 3 is 2.90 bits per heavy atom. The highest BCUT2D eigenvalue weighted by molar-refractivity contribution is 6.32. The third-order valence-electron chi connectivity index (χ3n) is 3.51. The first-order chi connectivity index (χ1) is 10.0. The molecule has 114 valence electrons. The molecule has 0 bridgehead atoms. The summed E-state index contributed by atoms with van der Waals surface area (Å²) in [4.78, 5) is 25.1. The van der Waals surface area contributed by atoms with Gasteiger partial charge < -0.3 is 14.4 Å². The van der Waals surface area contributed by atoms with E-state index in [9.17, 15) is 9.59 Å². The lowest BCUT2D eigenvalue weighted by molar-refractivity contribution is -0.145. The summed E-state index contributed by atoms with van der Waals surface area (Å²) >= 11 is 6.01. The van der Waals surface area contributed by atoms with Crippen molar-refractivity contribution in [2.75, 3.05) is 26.8 Å². The van der Waals surface area contributed by atoms with Gasteiger partial charge in [-0.3, -0.25) is 9.59 Å². The standard InChI is InChI=1S/C15H18ClNO4/c1-10-3-4-12(16)13(7-10)21-9-14(18)17-6-5-11(8-17)15(19)20-2/h3-4,7,11H,5-6,8-9H2,1-2H3. The molecule has 0 saturated carbocycles. The minimum absolute atomic E-state index is 0.0862. The van der Waals surface area contributed by atoms with Crippen LogP contribution in [0.3, 0.4) is 0 Å². The molecule has 1 heterocycles. The van der Waals surface area contributed by atoms with Crippen LogP contribution in [0.25, 0.3) is 0 Å². The van der Waals surface area contributed by atoms with Crippen LogP contribution in [0, 0.1) is 12.8 Å². The zero-order valence-electron chi connectivity index (χ0n) is 12.1. The molecule has 2 rings (SSSR count). The number of aryl methyl sites for hydroxylation is 1. The SMILES string of the molecule is COC(=O)C1CCN(C(=O)COc2cc(C)ccc2Cl)C1. The number of halogens is 1. The van der Waals surface area contributed by atoms with Gasteiger partial charge in [-0.1, -0.05) is 17.7 Å². The van der Waals surface area contributed by atoms with Crippen molar-refractivity contribution >= 4 is 23.5 Å². The lowest BCUT2D eigenvalue weighted by Crippen LogP contribution is -2.34. The highest BCUT2D eigenvalue weighted by Gasteiger charge is 2.31. The number of esters is 1. The number of methoxy groups -OCH3 is 1. The summed E-state index contributed by atoms with van der Waals surface area (Å²) in [5.74, 6) is -0.165. The lowest BCUT2D eigenvalue weighted by Gasteiger charge is -2.17. The summed E-state index contributed by atoms with van der Waals surface area (Å²) < 4.78 is 10.2. The largest absolute Gasteiger partial charge is 0.482 e. The van der Waals surface area contributed by atoms with Gasteiger partial charge in [-0.2, -0.15) is 0 Å². The minimum atomic E-state index is -0.270. The molecule has 1 aliphatic heterocycles. The molecule has 1 fully saturated rings. The average molecular weight is 312 g/mol. The van der Waals surface area contributed by atoms with E-state index in [1.54, 1.807) is 17.0 Å². The van der Waals surface area contributed by atoms with Crippen molar-refractivity contribution < 1.29 is 19.1 Å². The molecule has 6 heteroatoms. The summed E-state index contributed by atoms with van der Waals surface area (Å²) in [6.07, 6.45) is 0.629. The molecular formula is C15H18ClNO4. The number of carbonyl (C=O) groups excluding carboxylic acids is 2. The summed E-state index contributed by atoms with van der Waals surface area (Å²) in [7, 11) is 1.36. The van der Waals surface area contributed by atoms with E-state index in [2.05, 4.69) is 0 Å². The van der Waals surface area contributed by atoms with E-state index in [0.717, 1.165) is 5.56 Å². The zero-order valence-corrected chi connectivity index (χ0v) is 12.9. The predicted molar refractivity (Wildman–Crippen MR) is 78.4 cm³/mol. The van der Waals surface area contributed by atoms with Crippen molar-refractivity contribution in [3.05, 3.63) is 28.8 Å². The van der Waals surface area contributed by atoms with E-state index >= 15 is 0 Å². The number of likely N-dealkylation sites (tertiary alicyclic amines) is 1. The van der Waals surface area contributed by atoms with Gasteiger partial charge in [0.25, 0.3) is 5.91 Å². The monoisotopic (exact) mass is 311 g/mol. The van der Waals surface area contributed by atoms with Gasteiger partial charge in [-0.25, -0.2) is 0 Å². The highest BCUT2D eigenvalue weighted by Crippen LogP contribution is 2.25. The molecule has 0 spiro atoms. The Hall–Kier alpha value is -1.75. The van der Waals surface area contributed by atoms with Crippen molar-refractivity contribution in [2.45, 2.75) is 13.3 Å². The molecule has 1 atom stereocenters. The average Bonchev–Trinajstić information content (AvgIpc) is 2.97. The first kappa shape index (κ1) is 15.6. The fraction of sp³-hybridized carbons (Fsp3) is 0.467. The smallest absolute Gasteiger partial charge is 0.310 e. The van der Waals surface area contributed by atoms with E-state index in [4.69, 9.17) is 21.1 Å². The normalized spacial score (nSPS) is 17.7. The second-order valence-corrected chi connectivity index (χ2v) is 5.48. The Morgan fingerprint density at radius 2 is 2.19 bits per heavy atom. The van der Waals surface area contributed by atoms with Crippen LogP contribution in [0.5, 0.6) is 5.75 Å². The highest BCUT2D eigenvalue weighted by atomic mass is 35.5. The van der Waals surface area contributed by atoms with E-state index in [-0.39, 0.29) is 24.4 Å². The topological polar surface area (TPSA) is 55.8 Å². The summed E-state index contributed by atoms with van der Waals surface area (Å²) in [6.45, 7) is 2.77. The molecular weight excluding hydrogens is 294 g/mol. The first-order valence-corrected chi connectivity index (χ1v) is 7.13. The summed E-state index contributed by atoms with van der Waals surface area (Å²) in [6, 6.07) is 5.40. The molecule has 0 aliphatic carbocycles. The third kappa shape index (κ3) is 3.88. The maximum atomic E-state index is 12.1. The van der Waals surface area contributed by atoms with Gasteiger partial charge in [0.15, 0.2) is 6.61 Å². The van der Waals surface area contributed by atoms with Crippen molar-refractivity contribution in [3.8, 4) is 5.75 Å². The van der Waals surface area contributed by atoms with Gasteiger partial charge in [0, 0.05) is 13.1 Å². The van der Waals surface area contributed by atoms with Gasteiger partial charge >= 0.3 is 5.97 Å². The van der Waals surface area contributed by atoms with Gasteiger partial charge in [0.2, 0.25) is 0 Å². The second kappa shape index (κ2) is 6.80. The number of rotatable bonds is 4. The van der Waals surface area contributed by atoms with Crippen LogP contribution < -0.4 is 4.74 Å². The van der Waals surface area contributed by atoms with E-state index in [1.165, 1.54) is 7.11 Å². The Bertz CT molecular complexity index is 546. The molecule has 1 amide bonds. The molecule has 0 radical (unpaired) electrons. The fourth-order valence-corrected chi connectivity index (χ4v) is 2.47. The van der Waals surface area contributed by atoms with Crippen molar-refractivity contribution in [2.24, 2.45) is 5.92 Å². The maximum absolute atomic E-state index is 12.1. The Balaban J connectivity index is 1.88. The van der Waals surface area contributed by atoms with Crippen LogP contribution in [0.15, 0.2) is 18.2 Å². The molecule has 1 unspecified atom stereocenters. The molecule has 1 aliphatic rings. The van der Waals surface area contributed by atoms with Crippen LogP contribution in [0.1, 0.15) is 12.0 Å². The van der Waals surface area contributed by atoms with Gasteiger partial charge in [0.05, 0.1) is 18.1 Å². The molecule has 1 saturated heterocycles. The van der Waals surface area contributed by atoms with Crippen molar-refractivity contribution in [1.29, 1.82) is 0 Å². The summed E-state index contributed by atoms with van der Waals surface area (Å²) in [5, 5.41) is 0.474. The van der Waals surface area contributed by atoms with E-state index in [0.29, 0.717) is 30.3 Å². The van der Waals surface area contributed by atoms with Crippen molar-refractivity contribution in [3.63, 3.8) is 0 Å². The first-order valence-electron chi connectivity index (χ1n) is 6.76. The van der Waals surface area contributed by atoms with E-state index in [1.807, 2.05) is 13.0 Å². The minimum Gasteiger partial charge on any atom is -0.482 e. The Kier molecular flexibility index (Phi) is 5.07. The molecule has 21 heavy (non-hydrogen) atoms.